The maximum absolute atomic E-state index is 11.5. The average molecular weight is 256 g/mol. The molecule has 98 valence electrons. The van der Waals surface area contributed by atoms with Crippen molar-refractivity contribution in [1.29, 1.82) is 0 Å². The van der Waals surface area contributed by atoms with Gasteiger partial charge in [-0.25, -0.2) is 9.78 Å². The molecule has 1 amide bonds. The summed E-state index contributed by atoms with van der Waals surface area (Å²) >= 11 is 0. The van der Waals surface area contributed by atoms with Gasteiger partial charge in [0.1, 0.15) is 12.4 Å². The number of carboxylic acids is 2. The minimum Gasteiger partial charge on any atom is -0.481 e. The van der Waals surface area contributed by atoms with Gasteiger partial charge < -0.3 is 15.5 Å². The molecule has 1 aromatic rings. The van der Waals surface area contributed by atoms with Gasteiger partial charge in [-0.15, -0.1) is 0 Å². The van der Waals surface area contributed by atoms with E-state index in [4.69, 9.17) is 10.2 Å². The fourth-order valence-corrected chi connectivity index (χ4v) is 1.26. The van der Waals surface area contributed by atoms with Crippen molar-refractivity contribution in [3.05, 3.63) is 12.2 Å². The highest BCUT2D eigenvalue weighted by Crippen LogP contribution is 2.02. The van der Waals surface area contributed by atoms with Crippen LogP contribution in [0.2, 0.25) is 0 Å². The molecule has 0 saturated heterocycles. The van der Waals surface area contributed by atoms with Gasteiger partial charge in [-0.3, -0.25) is 14.7 Å². The van der Waals surface area contributed by atoms with E-state index in [2.05, 4.69) is 20.5 Å². The average Bonchev–Trinajstić information content (AvgIpc) is 2.80. The molecule has 1 aromatic heterocycles. The lowest BCUT2D eigenvalue weighted by molar-refractivity contribution is -0.140. The van der Waals surface area contributed by atoms with Crippen LogP contribution in [0, 0.1) is 0 Å². The molecule has 1 heterocycles. The van der Waals surface area contributed by atoms with Crippen LogP contribution in [0.1, 0.15) is 29.9 Å². The highest BCUT2D eigenvalue weighted by Gasteiger charge is 2.21. The van der Waals surface area contributed by atoms with Gasteiger partial charge in [-0.1, -0.05) is 0 Å². The van der Waals surface area contributed by atoms with E-state index < -0.39 is 23.9 Å². The van der Waals surface area contributed by atoms with Crippen LogP contribution >= 0.6 is 0 Å². The number of carbonyl (C=O) groups excluding carboxylic acids is 1. The second kappa shape index (κ2) is 6.33. The molecule has 0 bridgehead atoms. The van der Waals surface area contributed by atoms with Crippen LogP contribution in [0.4, 0.5) is 0 Å². The third-order valence-electron chi connectivity index (χ3n) is 2.12. The SMILES string of the molecule is O=C(O)CCC[C@@H](NC(=O)c1ncn[nH]1)C(=O)O. The van der Waals surface area contributed by atoms with Crippen molar-refractivity contribution in [2.75, 3.05) is 0 Å². The van der Waals surface area contributed by atoms with Crippen LogP contribution in [-0.4, -0.2) is 49.3 Å². The van der Waals surface area contributed by atoms with Gasteiger partial charge in [0.25, 0.3) is 5.91 Å². The first-order chi connectivity index (χ1) is 8.50. The van der Waals surface area contributed by atoms with Gasteiger partial charge in [0.15, 0.2) is 0 Å². The smallest absolute Gasteiger partial charge is 0.326 e. The first-order valence-electron chi connectivity index (χ1n) is 5.11. The Kier molecular flexibility index (Phi) is 4.78. The summed E-state index contributed by atoms with van der Waals surface area (Å²) in [5.41, 5.74) is 0. The van der Waals surface area contributed by atoms with Gasteiger partial charge in [-0.05, 0) is 12.8 Å². The first-order valence-corrected chi connectivity index (χ1v) is 5.11. The molecule has 0 aliphatic rings. The summed E-state index contributed by atoms with van der Waals surface area (Å²) < 4.78 is 0. The van der Waals surface area contributed by atoms with Crippen molar-refractivity contribution in [3.8, 4) is 0 Å². The van der Waals surface area contributed by atoms with Gasteiger partial charge in [0.2, 0.25) is 5.82 Å². The number of carbonyl (C=O) groups is 3. The van der Waals surface area contributed by atoms with Crippen molar-refractivity contribution in [1.82, 2.24) is 20.5 Å². The fraction of sp³-hybridized carbons (Fsp3) is 0.444. The number of aliphatic carboxylic acids is 2. The molecule has 0 aliphatic heterocycles. The minimum atomic E-state index is -1.23. The Bertz CT molecular complexity index is 430. The van der Waals surface area contributed by atoms with Gasteiger partial charge in [0, 0.05) is 6.42 Å². The maximum Gasteiger partial charge on any atom is 0.326 e. The minimum absolute atomic E-state index is 0.0293. The van der Waals surface area contributed by atoms with E-state index in [9.17, 15) is 14.4 Å². The largest absolute Gasteiger partial charge is 0.481 e. The lowest BCUT2D eigenvalue weighted by Crippen LogP contribution is -2.41. The molecule has 1 rings (SSSR count). The van der Waals surface area contributed by atoms with Gasteiger partial charge in [0.05, 0.1) is 0 Å². The standard InChI is InChI=1S/C9H12N4O5/c14-6(15)3-1-2-5(9(17)18)12-8(16)7-10-4-11-13-7/h4-5H,1-3H2,(H,12,16)(H,14,15)(H,17,18)(H,10,11,13)/t5-/m1/s1. The lowest BCUT2D eigenvalue weighted by Gasteiger charge is -2.12. The number of nitrogens with zero attached hydrogens (tertiary/aromatic N) is 2. The Hall–Kier alpha value is -2.45. The van der Waals surface area contributed by atoms with Crippen molar-refractivity contribution < 1.29 is 24.6 Å². The van der Waals surface area contributed by atoms with Crippen LogP contribution in [0.25, 0.3) is 0 Å². The van der Waals surface area contributed by atoms with Crippen molar-refractivity contribution in [2.45, 2.75) is 25.3 Å². The molecule has 4 N–H and O–H groups in total. The maximum atomic E-state index is 11.5. The molecular formula is C9H12N4O5. The Labute approximate surface area is 101 Å². The molecule has 0 radical (unpaired) electrons. The third-order valence-corrected chi connectivity index (χ3v) is 2.12. The Balaban J connectivity index is 2.50. The summed E-state index contributed by atoms with van der Waals surface area (Å²) in [6.07, 6.45) is 1.15. The molecule has 0 fully saturated rings. The first kappa shape index (κ1) is 13.6. The van der Waals surface area contributed by atoms with E-state index >= 15 is 0 Å². The topological polar surface area (TPSA) is 145 Å². The number of H-pyrrole nitrogens is 1. The van der Waals surface area contributed by atoms with Crippen LogP contribution < -0.4 is 5.32 Å². The normalized spacial score (nSPS) is 11.8. The summed E-state index contributed by atoms with van der Waals surface area (Å²) in [7, 11) is 0. The number of hydrogen-bond acceptors (Lipinski definition) is 5. The zero-order valence-electron chi connectivity index (χ0n) is 9.29. The summed E-state index contributed by atoms with van der Waals surface area (Å²) in [6, 6.07) is -1.15. The monoisotopic (exact) mass is 256 g/mol. The fourth-order valence-electron chi connectivity index (χ4n) is 1.26. The molecule has 0 aliphatic carbocycles. The predicted octanol–water partition coefficient (Wildman–Crippen LogP) is -0.757. The zero-order chi connectivity index (χ0) is 13.5. The van der Waals surface area contributed by atoms with E-state index in [1.165, 1.54) is 0 Å². The van der Waals surface area contributed by atoms with E-state index in [0.29, 0.717) is 0 Å². The molecule has 9 heteroatoms. The van der Waals surface area contributed by atoms with Gasteiger partial charge in [-0.2, -0.15) is 5.10 Å². The molecule has 9 nitrogen and oxygen atoms in total. The van der Waals surface area contributed by atoms with Crippen LogP contribution in [0.15, 0.2) is 6.33 Å². The van der Waals surface area contributed by atoms with Gasteiger partial charge >= 0.3 is 11.9 Å². The molecule has 0 spiro atoms. The second-order valence-electron chi connectivity index (χ2n) is 3.48. The highest BCUT2D eigenvalue weighted by atomic mass is 16.4. The van der Waals surface area contributed by atoms with E-state index in [1.807, 2.05) is 0 Å². The molecule has 18 heavy (non-hydrogen) atoms. The second-order valence-corrected chi connectivity index (χ2v) is 3.48. The van der Waals surface area contributed by atoms with Crippen molar-refractivity contribution >= 4 is 17.8 Å². The van der Waals surface area contributed by atoms with Crippen LogP contribution in [0.3, 0.4) is 0 Å². The molecular weight excluding hydrogens is 244 g/mol. The number of rotatable bonds is 7. The van der Waals surface area contributed by atoms with E-state index in [-0.39, 0.29) is 25.1 Å². The molecule has 0 saturated carbocycles. The number of nitrogens with one attached hydrogen (secondary N) is 2. The van der Waals surface area contributed by atoms with E-state index in [1.54, 1.807) is 0 Å². The highest BCUT2D eigenvalue weighted by molar-refractivity contribution is 5.93. The van der Waals surface area contributed by atoms with Crippen molar-refractivity contribution in [3.63, 3.8) is 0 Å². The van der Waals surface area contributed by atoms with E-state index in [0.717, 1.165) is 6.33 Å². The number of hydrogen-bond donors (Lipinski definition) is 4. The molecule has 0 aromatic carbocycles. The number of aromatic nitrogens is 3. The Morgan fingerprint density at radius 1 is 1.39 bits per heavy atom. The quantitative estimate of drug-likeness (QED) is 0.501. The molecule has 0 unspecified atom stereocenters. The van der Waals surface area contributed by atoms with Crippen LogP contribution in [0.5, 0.6) is 0 Å². The third kappa shape index (κ3) is 4.20. The van der Waals surface area contributed by atoms with Crippen molar-refractivity contribution in [2.24, 2.45) is 0 Å². The Morgan fingerprint density at radius 3 is 2.61 bits per heavy atom. The number of amides is 1. The predicted molar refractivity (Wildman–Crippen MR) is 56.8 cm³/mol. The zero-order valence-corrected chi connectivity index (χ0v) is 9.29. The summed E-state index contributed by atoms with van der Waals surface area (Å²) in [5.74, 6) is -3.04. The summed E-state index contributed by atoms with van der Waals surface area (Å²) in [4.78, 5) is 36.2. The number of aromatic amines is 1. The summed E-state index contributed by atoms with van der Waals surface area (Å²) in [5, 5.41) is 25.3. The van der Waals surface area contributed by atoms with Crippen LogP contribution in [-0.2, 0) is 9.59 Å². The summed E-state index contributed by atoms with van der Waals surface area (Å²) in [6.45, 7) is 0. The number of carboxylic acid groups (broad SMARTS) is 2. The molecule has 1 atom stereocenters. The Morgan fingerprint density at radius 2 is 2.11 bits per heavy atom. The lowest BCUT2D eigenvalue weighted by atomic mass is 10.1.